The Morgan fingerprint density at radius 3 is 2.24 bits per heavy atom. The van der Waals surface area contributed by atoms with Crippen molar-refractivity contribution >= 4 is 17.5 Å². The zero-order valence-corrected chi connectivity index (χ0v) is 13.0. The van der Waals surface area contributed by atoms with Crippen molar-refractivity contribution in [1.29, 1.82) is 0 Å². The molecule has 2 N–H and O–H groups in total. The van der Waals surface area contributed by atoms with Gasteiger partial charge in [-0.2, -0.15) is 0 Å². The monoisotopic (exact) mass is 340 g/mol. The number of aromatic nitrogens is 2. The molecule has 0 aliphatic heterocycles. The Morgan fingerprint density at radius 1 is 0.880 bits per heavy atom. The van der Waals surface area contributed by atoms with Gasteiger partial charge in [-0.3, -0.25) is 4.79 Å². The summed E-state index contributed by atoms with van der Waals surface area (Å²) in [5.41, 5.74) is 0.822. The maximum Gasteiger partial charge on any atom is 0.256 e. The highest BCUT2D eigenvalue weighted by Crippen LogP contribution is 2.12. The van der Waals surface area contributed by atoms with Crippen molar-refractivity contribution in [2.75, 3.05) is 10.6 Å². The summed E-state index contributed by atoms with van der Waals surface area (Å²) in [6.07, 6.45) is 0. The van der Waals surface area contributed by atoms with E-state index in [1.165, 1.54) is 30.3 Å². The Bertz CT molecular complexity index is 867. The Morgan fingerprint density at radius 2 is 1.56 bits per heavy atom. The number of nitrogens with zero attached hydrogens (tertiary/aromatic N) is 2. The van der Waals surface area contributed by atoms with Gasteiger partial charge in [-0.05, 0) is 42.5 Å². The third kappa shape index (κ3) is 4.35. The summed E-state index contributed by atoms with van der Waals surface area (Å²) in [5, 5.41) is 13.3. The third-order valence-corrected chi connectivity index (χ3v) is 3.43. The number of rotatable bonds is 5. The molecule has 0 fully saturated rings. The van der Waals surface area contributed by atoms with Crippen LogP contribution in [0.1, 0.15) is 15.9 Å². The number of halogens is 2. The summed E-state index contributed by atoms with van der Waals surface area (Å²) >= 11 is 0. The van der Waals surface area contributed by atoms with Crippen molar-refractivity contribution in [3.63, 3.8) is 0 Å². The summed E-state index contributed by atoms with van der Waals surface area (Å²) in [4.78, 5) is 12.0. The summed E-state index contributed by atoms with van der Waals surface area (Å²) in [5.74, 6) is -0.428. The largest absolute Gasteiger partial charge is 0.364 e. The highest BCUT2D eigenvalue weighted by atomic mass is 19.1. The molecule has 3 rings (SSSR count). The number of nitrogens with one attached hydrogen (secondary N) is 2. The lowest BCUT2D eigenvalue weighted by Crippen LogP contribution is -2.13. The number of benzene rings is 2. The summed E-state index contributed by atoms with van der Waals surface area (Å²) in [7, 11) is 0. The average molecular weight is 340 g/mol. The Balaban J connectivity index is 1.59. The van der Waals surface area contributed by atoms with E-state index >= 15 is 0 Å². The zero-order valence-electron chi connectivity index (χ0n) is 13.0. The van der Waals surface area contributed by atoms with Crippen LogP contribution in [0.15, 0.2) is 60.7 Å². The number of hydrogen-bond donors (Lipinski definition) is 2. The molecule has 0 bridgehead atoms. The molecular weight excluding hydrogens is 326 g/mol. The van der Waals surface area contributed by atoms with E-state index in [1.54, 1.807) is 30.3 Å². The maximum absolute atomic E-state index is 13.5. The van der Waals surface area contributed by atoms with Crippen molar-refractivity contribution in [2.24, 2.45) is 0 Å². The molecule has 0 saturated heterocycles. The molecule has 0 aliphatic rings. The SMILES string of the molecule is O=C(Nc1ccc(NCc2ccccc2F)nn1)c1ccc(F)cc1. The summed E-state index contributed by atoms with van der Waals surface area (Å²) in [6.45, 7) is 0.267. The molecule has 5 nitrogen and oxygen atoms in total. The van der Waals surface area contributed by atoms with Crippen LogP contribution in [0.4, 0.5) is 20.4 Å². The second kappa shape index (κ2) is 7.48. The van der Waals surface area contributed by atoms with Gasteiger partial charge >= 0.3 is 0 Å². The van der Waals surface area contributed by atoms with Crippen molar-refractivity contribution in [3.05, 3.63) is 83.4 Å². The normalized spacial score (nSPS) is 10.3. The van der Waals surface area contributed by atoms with Crippen LogP contribution in [0.5, 0.6) is 0 Å². The van der Waals surface area contributed by atoms with Crippen LogP contribution in [0.2, 0.25) is 0 Å². The zero-order chi connectivity index (χ0) is 17.6. The Labute approximate surface area is 142 Å². The Hall–Kier alpha value is -3.35. The molecule has 0 atom stereocenters. The highest BCUT2D eigenvalue weighted by Gasteiger charge is 2.08. The first-order valence-corrected chi connectivity index (χ1v) is 7.50. The second-order valence-electron chi connectivity index (χ2n) is 5.21. The van der Waals surface area contributed by atoms with E-state index in [-0.39, 0.29) is 18.2 Å². The van der Waals surface area contributed by atoms with Gasteiger partial charge in [0.15, 0.2) is 5.82 Å². The predicted octanol–water partition coefficient (Wildman–Crippen LogP) is 3.62. The van der Waals surface area contributed by atoms with Crippen molar-refractivity contribution in [2.45, 2.75) is 6.54 Å². The van der Waals surface area contributed by atoms with Crippen LogP contribution in [0.25, 0.3) is 0 Å². The fraction of sp³-hybridized carbons (Fsp3) is 0.0556. The summed E-state index contributed by atoms with van der Waals surface area (Å²) in [6, 6.07) is 14.8. The summed E-state index contributed by atoms with van der Waals surface area (Å²) < 4.78 is 26.4. The minimum absolute atomic E-state index is 0.255. The first-order valence-electron chi connectivity index (χ1n) is 7.50. The number of anilines is 2. The topological polar surface area (TPSA) is 66.9 Å². The van der Waals surface area contributed by atoms with E-state index in [0.29, 0.717) is 16.9 Å². The van der Waals surface area contributed by atoms with Gasteiger partial charge < -0.3 is 10.6 Å². The fourth-order valence-electron chi connectivity index (χ4n) is 2.11. The van der Waals surface area contributed by atoms with Crippen molar-refractivity contribution < 1.29 is 13.6 Å². The lowest BCUT2D eigenvalue weighted by Gasteiger charge is -2.07. The number of hydrogen-bond acceptors (Lipinski definition) is 4. The molecule has 3 aromatic rings. The number of carbonyl (C=O) groups excluding carboxylic acids is 1. The first kappa shape index (κ1) is 16.5. The smallest absolute Gasteiger partial charge is 0.256 e. The minimum atomic E-state index is -0.415. The lowest BCUT2D eigenvalue weighted by atomic mass is 10.2. The van der Waals surface area contributed by atoms with Crippen molar-refractivity contribution in [3.8, 4) is 0 Å². The van der Waals surface area contributed by atoms with Crippen molar-refractivity contribution in [1.82, 2.24) is 10.2 Å². The molecule has 0 unspecified atom stereocenters. The molecular formula is C18H14F2N4O. The highest BCUT2D eigenvalue weighted by molar-refractivity contribution is 6.03. The van der Waals surface area contributed by atoms with Crippen LogP contribution in [0.3, 0.4) is 0 Å². The molecule has 0 radical (unpaired) electrons. The van der Waals surface area contributed by atoms with Gasteiger partial charge in [0.1, 0.15) is 17.5 Å². The van der Waals surface area contributed by atoms with Crippen LogP contribution in [-0.4, -0.2) is 16.1 Å². The van der Waals surface area contributed by atoms with Gasteiger partial charge in [0, 0.05) is 17.7 Å². The van der Waals surface area contributed by atoms with E-state index in [2.05, 4.69) is 20.8 Å². The molecule has 126 valence electrons. The van der Waals surface area contributed by atoms with E-state index in [4.69, 9.17) is 0 Å². The minimum Gasteiger partial charge on any atom is -0.364 e. The van der Waals surface area contributed by atoms with Gasteiger partial charge in [-0.1, -0.05) is 18.2 Å². The van der Waals surface area contributed by atoms with Gasteiger partial charge in [-0.15, -0.1) is 10.2 Å². The predicted molar refractivity (Wildman–Crippen MR) is 90.1 cm³/mol. The number of amides is 1. The quantitative estimate of drug-likeness (QED) is 0.744. The molecule has 0 saturated carbocycles. The second-order valence-corrected chi connectivity index (χ2v) is 5.21. The molecule has 1 aromatic heterocycles. The molecule has 0 aliphatic carbocycles. The van der Waals surface area contributed by atoms with Crippen LogP contribution >= 0.6 is 0 Å². The van der Waals surface area contributed by atoms with E-state index in [0.717, 1.165) is 0 Å². The molecule has 2 aromatic carbocycles. The van der Waals surface area contributed by atoms with Crippen LogP contribution in [-0.2, 0) is 6.54 Å². The van der Waals surface area contributed by atoms with Crippen LogP contribution < -0.4 is 10.6 Å². The van der Waals surface area contributed by atoms with Gasteiger partial charge in [0.2, 0.25) is 0 Å². The molecule has 7 heteroatoms. The first-order chi connectivity index (χ1) is 12.1. The van der Waals surface area contributed by atoms with E-state index < -0.39 is 11.7 Å². The molecule has 1 amide bonds. The Kier molecular flexibility index (Phi) is 4.94. The van der Waals surface area contributed by atoms with E-state index in [1.807, 2.05) is 0 Å². The fourth-order valence-corrected chi connectivity index (χ4v) is 2.11. The molecule has 1 heterocycles. The van der Waals surface area contributed by atoms with Crippen LogP contribution in [0, 0.1) is 11.6 Å². The maximum atomic E-state index is 13.5. The standard InChI is InChI=1S/C18H14F2N4O/c19-14-7-5-12(6-8-14)18(25)22-17-10-9-16(23-24-17)21-11-13-3-1-2-4-15(13)20/h1-10H,11H2,(H,21,23)(H,22,24,25). The number of carbonyl (C=O) groups is 1. The van der Waals surface area contributed by atoms with Gasteiger partial charge in [0.25, 0.3) is 5.91 Å². The third-order valence-electron chi connectivity index (χ3n) is 3.43. The molecule has 0 spiro atoms. The molecule has 25 heavy (non-hydrogen) atoms. The lowest BCUT2D eigenvalue weighted by molar-refractivity contribution is 0.102. The van der Waals surface area contributed by atoms with E-state index in [9.17, 15) is 13.6 Å². The van der Waals surface area contributed by atoms with Gasteiger partial charge in [0.05, 0.1) is 0 Å². The van der Waals surface area contributed by atoms with Gasteiger partial charge in [-0.25, -0.2) is 8.78 Å². The average Bonchev–Trinajstić information content (AvgIpc) is 2.63.